The van der Waals surface area contributed by atoms with Gasteiger partial charge in [0.1, 0.15) is 23.3 Å². The molecule has 0 atom stereocenters. The van der Waals surface area contributed by atoms with Crippen molar-refractivity contribution in [2.45, 2.75) is 0 Å². The average molecular weight is 257 g/mol. The molecule has 0 spiro atoms. The summed E-state index contributed by atoms with van der Waals surface area (Å²) in [5, 5.41) is 9.13. The van der Waals surface area contributed by atoms with E-state index in [9.17, 15) is 4.39 Å². The van der Waals surface area contributed by atoms with Gasteiger partial charge in [-0.1, -0.05) is 12.1 Å². The van der Waals surface area contributed by atoms with Crippen LogP contribution in [0.4, 0.5) is 16.2 Å². The molecule has 6 heteroatoms. The highest BCUT2D eigenvalue weighted by molar-refractivity contribution is 5.73. The summed E-state index contributed by atoms with van der Waals surface area (Å²) in [4.78, 5) is 9.85. The van der Waals surface area contributed by atoms with Crippen molar-refractivity contribution >= 4 is 11.8 Å². The first kappa shape index (κ1) is 12.8. The number of aromatic nitrogens is 2. The molecule has 1 heterocycles. The number of rotatable bonds is 2. The Morgan fingerprint density at radius 1 is 1.26 bits per heavy atom. The lowest BCUT2D eigenvalue weighted by Gasteiger charge is -2.14. The molecule has 2 N–H and O–H groups in total. The average Bonchev–Trinajstić information content (AvgIpc) is 2.38. The van der Waals surface area contributed by atoms with Crippen molar-refractivity contribution in [2.24, 2.45) is 0 Å². The van der Waals surface area contributed by atoms with Crippen molar-refractivity contribution in [1.82, 2.24) is 9.97 Å². The minimum Gasteiger partial charge on any atom is -0.382 e. The van der Waals surface area contributed by atoms with Gasteiger partial charge in [0.25, 0.3) is 0 Å². The minimum absolute atomic E-state index is 0.0412. The molecule has 5 nitrogen and oxygen atoms in total. The molecular weight excluding hydrogens is 245 g/mol. The van der Waals surface area contributed by atoms with E-state index in [4.69, 9.17) is 11.0 Å². The van der Waals surface area contributed by atoms with Crippen LogP contribution in [-0.4, -0.2) is 24.1 Å². The molecule has 0 fully saturated rings. The number of benzene rings is 1. The number of halogens is 1. The highest BCUT2D eigenvalue weighted by Gasteiger charge is 2.17. The second kappa shape index (κ2) is 4.90. The van der Waals surface area contributed by atoms with Crippen LogP contribution in [0, 0.1) is 17.1 Å². The number of hydrogen-bond donors (Lipinski definition) is 1. The largest absolute Gasteiger partial charge is 0.382 e. The Labute approximate surface area is 110 Å². The highest BCUT2D eigenvalue weighted by atomic mass is 19.1. The fraction of sp³-hybridized carbons (Fsp3) is 0.154. The van der Waals surface area contributed by atoms with Crippen molar-refractivity contribution in [3.8, 4) is 17.3 Å². The summed E-state index contributed by atoms with van der Waals surface area (Å²) in [7, 11) is 3.48. The van der Waals surface area contributed by atoms with E-state index < -0.39 is 5.82 Å². The van der Waals surface area contributed by atoms with Crippen molar-refractivity contribution in [3.05, 3.63) is 35.6 Å². The summed E-state index contributed by atoms with van der Waals surface area (Å²) in [5.41, 5.74) is 6.25. The van der Waals surface area contributed by atoms with Crippen LogP contribution in [-0.2, 0) is 0 Å². The minimum atomic E-state index is -0.457. The molecule has 0 saturated heterocycles. The van der Waals surface area contributed by atoms with Crippen LogP contribution in [0.3, 0.4) is 0 Å². The van der Waals surface area contributed by atoms with E-state index in [-0.39, 0.29) is 22.6 Å². The van der Waals surface area contributed by atoms with Gasteiger partial charge in [0, 0.05) is 19.7 Å². The molecule has 0 aliphatic heterocycles. The number of nitrogens with two attached hydrogens (primary N) is 1. The smallest absolute Gasteiger partial charge is 0.227 e. The molecule has 19 heavy (non-hydrogen) atoms. The van der Waals surface area contributed by atoms with Crippen LogP contribution in [0.1, 0.15) is 5.56 Å². The third-order valence-electron chi connectivity index (χ3n) is 2.57. The van der Waals surface area contributed by atoms with E-state index in [1.165, 1.54) is 6.07 Å². The lowest BCUT2D eigenvalue weighted by Crippen LogP contribution is -2.15. The van der Waals surface area contributed by atoms with Gasteiger partial charge in [0.05, 0.1) is 5.69 Å². The van der Waals surface area contributed by atoms with Crippen molar-refractivity contribution < 1.29 is 4.39 Å². The number of nitrogens with zero attached hydrogens (tertiary/aromatic N) is 4. The maximum Gasteiger partial charge on any atom is 0.227 e. The lowest BCUT2D eigenvalue weighted by atomic mass is 10.1. The Morgan fingerprint density at radius 3 is 2.53 bits per heavy atom. The van der Waals surface area contributed by atoms with Gasteiger partial charge >= 0.3 is 0 Å². The first-order chi connectivity index (χ1) is 9.04. The molecular formula is C13H12FN5. The van der Waals surface area contributed by atoms with Crippen LogP contribution in [0.25, 0.3) is 11.3 Å². The van der Waals surface area contributed by atoms with Crippen LogP contribution >= 0.6 is 0 Å². The van der Waals surface area contributed by atoms with E-state index in [0.717, 1.165) is 0 Å². The van der Waals surface area contributed by atoms with E-state index in [1.807, 2.05) is 6.07 Å². The van der Waals surface area contributed by atoms with Gasteiger partial charge < -0.3 is 10.6 Å². The Hall–Kier alpha value is -2.68. The first-order valence-corrected chi connectivity index (χ1v) is 5.54. The van der Waals surface area contributed by atoms with Gasteiger partial charge in [-0.2, -0.15) is 10.2 Å². The van der Waals surface area contributed by atoms with Crippen LogP contribution in [0.15, 0.2) is 24.3 Å². The summed E-state index contributed by atoms with van der Waals surface area (Å²) < 4.78 is 13.8. The zero-order valence-electron chi connectivity index (χ0n) is 10.6. The van der Waals surface area contributed by atoms with E-state index in [1.54, 1.807) is 37.2 Å². The van der Waals surface area contributed by atoms with Gasteiger partial charge in [0.15, 0.2) is 0 Å². The predicted octanol–water partition coefficient (Wildman–Crippen LogP) is 1.80. The third-order valence-corrected chi connectivity index (χ3v) is 2.57. The summed E-state index contributed by atoms with van der Waals surface area (Å²) in [5.74, 6) is -0.0870. The Morgan fingerprint density at radius 2 is 1.95 bits per heavy atom. The molecule has 0 saturated carbocycles. The molecule has 0 radical (unpaired) electrons. The molecule has 1 aromatic heterocycles. The molecule has 96 valence electrons. The topological polar surface area (TPSA) is 78.8 Å². The second-order valence-corrected chi connectivity index (χ2v) is 4.12. The first-order valence-electron chi connectivity index (χ1n) is 5.54. The van der Waals surface area contributed by atoms with Gasteiger partial charge in [-0.15, -0.1) is 0 Å². The zero-order valence-corrected chi connectivity index (χ0v) is 10.6. The number of anilines is 2. The lowest BCUT2D eigenvalue weighted by molar-refractivity contribution is 0.630. The molecule has 0 unspecified atom stereocenters. The molecule has 2 rings (SSSR count). The van der Waals surface area contributed by atoms with Crippen LogP contribution < -0.4 is 10.6 Å². The van der Waals surface area contributed by atoms with E-state index in [0.29, 0.717) is 5.95 Å². The summed E-state index contributed by atoms with van der Waals surface area (Å²) in [6, 6.07) is 8.03. The van der Waals surface area contributed by atoms with E-state index >= 15 is 0 Å². The fourth-order valence-electron chi connectivity index (χ4n) is 1.62. The quantitative estimate of drug-likeness (QED) is 0.887. The zero-order chi connectivity index (χ0) is 14.0. The normalized spacial score (nSPS) is 10.0. The number of nitriles is 1. The fourth-order valence-corrected chi connectivity index (χ4v) is 1.62. The van der Waals surface area contributed by atoms with Gasteiger partial charge in [0.2, 0.25) is 5.95 Å². The number of nitrogen functional groups attached to an aromatic ring is 1. The predicted molar refractivity (Wildman–Crippen MR) is 70.9 cm³/mol. The molecule has 2 aromatic rings. The van der Waals surface area contributed by atoms with Gasteiger partial charge in [-0.3, -0.25) is 0 Å². The maximum atomic E-state index is 13.8. The summed E-state index contributed by atoms with van der Waals surface area (Å²) >= 11 is 0. The maximum absolute atomic E-state index is 13.8. The monoisotopic (exact) mass is 257 g/mol. The number of hydrogen-bond acceptors (Lipinski definition) is 5. The van der Waals surface area contributed by atoms with Crippen LogP contribution in [0.5, 0.6) is 0 Å². The summed E-state index contributed by atoms with van der Waals surface area (Å²) in [6.07, 6.45) is 0. The molecule has 1 aromatic carbocycles. The van der Waals surface area contributed by atoms with Crippen molar-refractivity contribution in [2.75, 3.05) is 24.7 Å². The molecule has 0 aliphatic carbocycles. The van der Waals surface area contributed by atoms with Gasteiger partial charge in [-0.05, 0) is 12.1 Å². The van der Waals surface area contributed by atoms with Crippen LogP contribution in [0.2, 0.25) is 0 Å². The van der Waals surface area contributed by atoms with E-state index in [2.05, 4.69) is 9.97 Å². The Bertz CT molecular complexity index is 661. The van der Waals surface area contributed by atoms with Gasteiger partial charge in [-0.25, -0.2) is 9.37 Å². The van der Waals surface area contributed by atoms with Crippen molar-refractivity contribution in [1.29, 1.82) is 5.26 Å². The Kier molecular flexibility index (Phi) is 3.29. The summed E-state index contributed by atoms with van der Waals surface area (Å²) in [6.45, 7) is 0. The molecule has 0 bridgehead atoms. The SMILES string of the molecule is CN(C)c1nc(N)c(C#N)c(-c2ccccc2F)n1. The second-order valence-electron chi connectivity index (χ2n) is 4.12. The Balaban J connectivity index is 2.75. The third kappa shape index (κ3) is 2.31. The highest BCUT2D eigenvalue weighted by Crippen LogP contribution is 2.28. The standard InChI is InChI=1S/C13H12FN5/c1-19(2)13-17-11(9(7-15)12(16)18-13)8-5-3-4-6-10(8)14/h3-6H,1-2H3,(H2,16,17,18). The molecule has 0 amide bonds. The molecule has 0 aliphatic rings. The van der Waals surface area contributed by atoms with Crippen molar-refractivity contribution in [3.63, 3.8) is 0 Å².